The maximum atomic E-state index is 13.9. The molecular weight excluding hydrogens is 821 g/mol. The molecule has 2 saturated carbocycles. The molecule has 4 aliphatic heterocycles. The number of fused-ring (bicyclic) bond motifs is 3. The van der Waals surface area contributed by atoms with Gasteiger partial charge in [0.05, 0.1) is 67.3 Å². The van der Waals surface area contributed by atoms with Crippen molar-refractivity contribution in [3.8, 4) is 0 Å². The number of hydrogen-bond donors (Lipinski definition) is 3. The Balaban J connectivity index is 0.826. The van der Waals surface area contributed by atoms with E-state index in [0.29, 0.717) is 44.3 Å². The minimum absolute atomic E-state index is 0.0698. The lowest BCUT2D eigenvalue weighted by atomic mass is 9.51. The molecule has 16 nitrogen and oxygen atoms in total. The predicted molar refractivity (Wildman–Crippen MR) is 223 cm³/mol. The SMILES string of the molecule is COC1CC(OC2C(O)CC(OC3C(C)OC(OC4C(C)OC(OC5CC6=CCC7C(=O)C(c8ccoc8C)CCC7C6(C)CC5O)CC4OC)CC3OC)OC2C)OC(C)C1O. The van der Waals surface area contributed by atoms with Crippen LogP contribution in [0.25, 0.3) is 0 Å². The zero-order chi connectivity index (χ0) is 44.9. The summed E-state index contributed by atoms with van der Waals surface area (Å²) in [5.74, 6) is 1.09. The van der Waals surface area contributed by atoms with Gasteiger partial charge in [-0.2, -0.15) is 0 Å². The van der Waals surface area contributed by atoms with Gasteiger partial charge in [-0.05, 0) is 84.1 Å². The van der Waals surface area contributed by atoms with Crippen molar-refractivity contribution in [2.24, 2.45) is 17.3 Å². The van der Waals surface area contributed by atoms with E-state index in [2.05, 4.69) is 13.0 Å². The van der Waals surface area contributed by atoms with Crippen molar-refractivity contribution in [2.45, 2.75) is 216 Å². The van der Waals surface area contributed by atoms with Crippen LogP contribution in [0.4, 0.5) is 0 Å². The Morgan fingerprint density at radius 3 is 1.78 bits per heavy atom. The zero-order valence-electron chi connectivity index (χ0n) is 38.4. The van der Waals surface area contributed by atoms with Crippen molar-refractivity contribution in [1.29, 1.82) is 0 Å². The summed E-state index contributed by atoms with van der Waals surface area (Å²) in [4.78, 5) is 13.9. The number of carbonyl (C=O) groups is 1. The van der Waals surface area contributed by atoms with Gasteiger partial charge < -0.3 is 71.8 Å². The van der Waals surface area contributed by atoms with Crippen LogP contribution in [0.15, 0.2) is 28.4 Å². The Morgan fingerprint density at radius 2 is 1.21 bits per heavy atom. The second-order valence-electron chi connectivity index (χ2n) is 19.4. The van der Waals surface area contributed by atoms with Crippen LogP contribution in [0.1, 0.15) is 110 Å². The smallest absolute Gasteiger partial charge is 0.161 e. The standard InChI is InChI=1S/C47H72O16/c1-22-28(14-15-55-22)29-12-13-31-30(43(29)51)11-10-27-16-34(33(49)21-47(27,31)6)60-39-19-36(53-8)46(25(4)58-39)63-41-20-37(54-9)45(26(5)59-41)62-38-17-32(48)44(24(3)57-38)61-40-18-35(52-7)42(50)23(2)56-40/h10,14-15,23-26,29-42,44-46,48-50H,11-13,16-21H2,1-9H3. The number of aryl methyl sites for hydroxylation is 1. The topological polar surface area (TPSA) is 192 Å². The number of methoxy groups -OCH3 is 3. The van der Waals surface area contributed by atoms with Crippen molar-refractivity contribution in [3.05, 3.63) is 35.3 Å². The largest absolute Gasteiger partial charge is 0.469 e. The Hall–Kier alpha value is -1.87. The highest BCUT2D eigenvalue weighted by Crippen LogP contribution is 2.58. The second-order valence-corrected chi connectivity index (χ2v) is 19.4. The first-order valence-electron chi connectivity index (χ1n) is 23.3. The molecule has 6 fully saturated rings. The van der Waals surface area contributed by atoms with Gasteiger partial charge >= 0.3 is 0 Å². The molecule has 1 aromatic rings. The quantitative estimate of drug-likeness (QED) is 0.246. The van der Waals surface area contributed by atoms with E-state index in [1.54, 1.807) is 34.5 Å². The van der Waals surface area contributed by atoms with Crippen LogP contribution < -0.4 is 0 Å². The van der Waals surface area contributed by atoms with E-state index in [4.69, 9.17) is 56.5 Å². The molecule has 3 N–H and O–H groups in total. The molecule has 22 unspecified atom stereocenters. The van der Waals surface area contributed by atoms with Crippen molar-refractivity contribution in [3.63, 3.8) is 0 Å². The van der Waals surface area contributed by atoms with E-state index < -0.39 is 105 Å². The van der Waals surface area contributed by atoms with Crippen LogP contribution >= 0.6 is 0 Å². The van der Waals surface area contributed by atoms with Gasteiger partial charge in [-0.25, -0.2) is 0 Å². The molecule has 0 bridgehead atoms. The molecule has 0 spiro atoms. The number of Topliss-reactive ketones (excluding diaryl/α,β-unsaturated/α-hetero) is 1. The lowest BCUT2D eigenvalue weighted by Gasteiger charge is -2.54. The Labute approximate surface area is 371 Å². The number of rotatable bonds is 12. The molecule has 0 aromatic carbocycles. The van der Waals surface area contributed by atoms with Crippen LogP contribution in [0.3, 0.4) is 0 Å². The van der Waals surface area contributed by atoms with E-state index in [-0.39, 0.29) is 35.7 Å². The van der Waals surface area contributed by atoms with Gasteiger partial charge in [-0.15, -0.1) is 0 Å². The highest BCUT2D eigenvalue weighted by Gasteiger charge is 2.55. The number of hydrogen-bond acceptors (Lipinski definition) is 16. The summed E-state index contributed by atoms with van der Waals surface area (Å²) in [7, 11) is 4.81. The van der Waals surface area contributed by atoms with Crippen molar-refractivity contribution in [2.75, 3.05) is 21.3 Å². The lowest BCUT2D eigenvalue weighted by Crippen LogP contribution is -2.58. The molecule has 22 atom stereocenters. The fourth-order valence-electron chi connectivity index (χ4n) is 12.0. The molecule has 4 saturated heterocycles. The monoisotopic (exact) mass is 892 g/mol. The first-order chi connectivity index (χ1) is 30.1. The summed E-state index contributed by atoms with van der Waals surface area (Å²) in [5.41, 5.74) is 1.99. The normalized spacial score (nSPS) is 48.3. The first-order valence-corrected chi connectivity index (χ1v) is 23.3. The average Bonchev–Trinajstić information content (AvgIpc) is 3.67. The fraction of sp³-hybridized carbons (Fsp3) is 0.851. The summed E-state index contributed by atoms with van der Waals surface area (Å²) in [6, 6.07) is 1.94. The summed E-state index contributed by atoms with van der Waals surface area (Å²) >= 11 is 0. The minimum atomic E-state index is -0.900. The summed E-state index contributed by atoms with van der Waals surface area (Å²) in [5, 5.41) is 33.2. The van der Waals surface area contributed by atoms with Crippen molar-refractivity contribution >= 4 is 5.78 Å². The van der Waals surface area contributed by atoms with Crippen molar-refractivity contribution in [1.82, 2.24) is 0 Å². The third-order valence-electron chi connectivity index (χ3n) is 15.6. The Bertz CT molecular complexity index is 1710. The van der Waals surface area contributed by atoms with Crippen LogP contribution in [0.5, 0.6) is 0 Å². The van der Waals surface area contributed by atoms with Crippen LogP contribution in [-0.2, 0) is 56.9 Å². The minimum Gasteiger partial charge on any atom is -0.469 e. The number of ketones is 1. The van der Waals surface area contributed by atoms with E-state index >= 15 is 0 Å². The summed E-state index contributed by atoms with van der Waals surface area (Å²) in [6.07, 6.45) is -1.66. The second kappa shape index (κ2) is 19.8. The molecule has 5 heterocycles. The third kappa shape index (κ3) is 9.65. The number of carbonyl (C=O) groups excluding carboxylic acids is 1. The third-order valence-corrected chi connectivity index (χ3v) is 15.6. The summed E-state index contributed by atoms with van der Waals surface area (Å²) < 4.78 is 73.6. The van der Waals surface area contributed by atoms with E-state index in [1.807, 2.05) is 33.8 Å². The molecular formula is C47H72O16. The number of furan rings is 1. The average molecular weight is 893 g/mol. The number of aliphatic hydroxyl groups is 3. The maximum Gasteiger partial charge on any atom is 0.161 e. The van der Waals surface area contributed by atoms with Crippen molar-refractivity contribution < 1.29 is 76.6 Å². The molecule has 63 heavy (non-hydrogen) atoms. The molecule has 3 aliphatic carbocycles. The molecule has 7 aliphatic rings. The van der Waals surface area contributed by atoms with Gasteiger partial charge in [0.25, 0.3) is 0 Å². The van der Waals surface area contributed by atoms with E-state index in [1.165, 1.54) is 5.57 Å². The number of allylic oxidation sites excluding steroid dienone is 1. The lowest BCUT2D eigenvalue weighted by molar-refractivity contribution is -0.347. The molecule has 0 amide bonds. The van der Waals surface area contributed by atoms with Gasteiger partial charge in [-0.1, -0.05) is 18.6 Å². The predicted octanol–water partition coefficient (Wildman–Crippen LogP) is 4.61. The molecule has 0 radical (unpaired) electrons. The van der Waals surface area contributed by atoms with Gasteiger partial charge in [0.1, 0.15) is 36.0 Å². The Kier molecular flexibility index (Phi) is 14.9. The zero-order valence-corrected chi connectivity index (χ0v) is 38.4. The van der Waals surface area contributed by atoms with Crippen LogP contribution in [0.2, 0.25) is 0 Å². The van der Waals surface area contributed by atoms with E-state index in [0.717, 1.165) is 24.2 Å². The van der Waals surface area contributed by atoms with Gasteiger partial charge in [-0.3, -0.25) is 4.79 Å². The number of aliphatic hydroxyl groups excluding tert-OH is 3. The highest BCUT2D eigenvalue weighted by atomic mass is 16.8. The first kappa shape index (κ1) is 47.6. The van der Waals surface area contributed by atoms with Crippen LogP contribution in [0, 0.1) is 24.2 Å². The molecule has 1 aromatic heterocycles. The maximum absolute atomic E-state index is 13.9. The van der Waals surface area contributed by atoms with Crippen LogP contribution in [-0.4, -0.2) is 153 Å². The summed E-state index contributed by atoms with van der Waals surface area (Å²) in [6.45, 7) is 11.6. The fourth-order valence-corrected chi connectivity index (χ4v) is 12.0. The molecule has 8 rings (SSSR count). The molecule has 356 valence electrons. The van der Waals surface area contributed by atoms with Gasteiger partial charge in [0.15, 0.2) is 25.2 Å². The van der Waals surface area contributed by atoms with E-state index in [9.17, 15) is 20.1 Å². The van der Waals surface area contributed by atoms with Gasteiger partial charge in [0.2, 0.25) is 0 Å². The Morgan fingerprint density at radius 1 is 0.667 bits per heavy atom. The van der Waals surface area contributed by atoms with Gasteiger partial charge in [0, 0.05) is 64.4 Å². The molecule has 16 heteroatoms. The number of ether oxygens (including phenoxy) is 11. The highest BCUT2D eigenvalue weighted by molar-refractivity contribution is 5.89.